The zero-order valence-electron chi connectivity index (χ0n) is 11.3. The molecule has 1 aliphatic heterocycles. The molecule has 0 saturated carbocycles. The van der Waals surface area contributed by atoms with E-state index in [1.807, 2.05) is 24.8 Å². The van der Waals surface area contributed by atoms with E-state index >= 15 is 0 Å². The number of carbonyl (C=O) groups is 1. The molecule has 0 aliphatic carbocycles. The van der Waals surface area contributed by atoms with Crippen molar-refractivity contribution in [3.8, 4) is 0 Å². The van der Waals surface area contributed by atoms with Crippen LogP contribution in [0, 0.1) is 19.8 Å². The fourth-order valence-corrected chi connectivity index (χ4v) is 3.53. The second-order valence-corrected chi connectivity index (χ2v) is 6.72. The Hall–Kier alpha value is -0.870. The van der Waals surface area contributed by atoms with E-state index in [0.717, 1.165) is 23.3 Å². The Labute approximate surface area is 112 Å². The van der Waals surface area contributed by atoms with Gasteiger partial charge in [-0.25, -0.2) is 0 Å². The van der Waals surface area contributed by atoms with Crippen LogP contribution in [0.15, 0.2) is 6.07 Å². The molecule has 1 aromatic heterocycles. The number of aliphatic hydroxyl groups excluding tert-OH is 1. The highest BCUT2D eigenvalue weighted by Gasteiger charge is 2.30. The highest BCUT2D eigenvalue weighted by atomic mass is 32.1. The van der Waals surface area contributed by atoms with Crippen LogP contribution in [-0.2, 0) is 0 Å². The third-order valence-electron chi connectivity index (χ3n) is 3.77. The lowest BCUT2D eigenvalue weighted by Crippen LogP contribution is -2.46. The number of rotatable bonds is 2. The first-order valence-corrected chi connectivity index (χ1v) is 7.33. The Morgan fingerprint density at radius 1 is 1.50 bits per heavy atom. The van der Waals surface area contributed by atoms with Gasteiger partial charge in [0.05, 0.1) is 5.56 Å². The van der Waals surface area contributed by atoms with E-state index in [9.17, 15) is 9.90 Å². The average molecular weight is 267 g/mol. The minimum atomic E-state index is 0.127. The molecule has 2 heterocycles. The molecule has 0 aromatic carbocycles. The summed E-state index contributed by atoms with van der Waals surface area (Å²) in [5.74, 6) is 0.368. The second kappa shape index (κ2) is 5.41. The van der Waals surface area contributed by atoms with E-state index in [1.54, 1.807) is 11.3 Å². The van der Waals surface area contributed by atoms with E-state index in [0.29, 0.717) is 6.54 Å². The van der Waals surface area contributed by atoms with Gasteiger partial charge in [-0.3, -0.25) is 4.79 Å². The molecule has 2 rings (SSSR count). The van der Waals surface area contributed by atoms with Gasteiger partial charge in [-0.05, 0) is 45.6 Å². The smallest absolute Gasteiger partial charge is 0.255 e. The predicted octanol–water partition coefficient (Wildman–Crippen LogP) is 2.60. The van der Waals surface area contributed by atoms with Gasteiger partial charge in [0.1, 0.15) is 0 Å². The van der Waals surface area contributed by atoms with Crippen molar-refractivity contribution in [1.82, 2.24) is 4.90 Å². The minimum Gasteiger partial charge on any atom is -0.396 e. The molecule has 3 nitrogen and oxygen atoms in total. The topological polar surface area (TPSA) is 40.5 Å². The number of piperidine rings is 1. The first-order valence-electron chi connectivity index (χ1n) is 6.51. The molecule has 1 fully saturated rings. The molecular formula is C14H21NO2S. The molecule has 0 spiro atoms. The molecular weight excluding hydrogens is 246 g/mol. The maximum Gasteiger partial charge on any atom is 0.255 e. The lowest BCUT2D eigenvalue weighted by molar-refractivity contribution is 0.0489. The van der Waals surface area contributed by atoms with Crippen molar-refractivity contribution < 1.29 is 9.90 Å². The van der Waals surface area contributed by atoms with Gasteiger partial charge in [-0.1, -0.05) is 0 Å². The Kier molecular flexibility index (Phi) is 4.07. The molecule has 1 saturated heterocycles. The summed E-state index contributed by atoms with van der Waals surface area (Å²) in [5, 5.41) is 9.27. The Bertz CT molecular complexity index is 441. The summed E-state index contributed by atoms with van der Waals surface area (Å²) in [6.45, 7) is 7.00. The zero-order chi connectivity index (χ0) is 13.3. The number of thiophene rings is 1. The van der Waals surface area contributed by atoms with Crippen LogP contribution in [0.4, 0.5) is 0 Å². The maximum atomic E-state index is 12.6. The maximum absolute atomic E-state index is 12.6. The number of nitrogens with zero attached hydrogens (tertiary/aromatic N) is 1. The van der Waals surface area contributed by atoms with Gasteiger partial charge < -0.3 is 10.0 Å². The van der Waals surface area contributed by atoms with Crippen LogP contribution in [0.25, 0.3) is 0 Å². The number of aryl methyl sites for hydroxylation is 2. The van der Waals surface area contributed by atoms with Crippen LogP contribution in [0.2, 0.25) is 0 Å². The third kappa shape index (κ3) is 2.59. The molecule has 1 amide bonds. The summed E-state index contributed by atoms with van der Waals surface area (Å²) in [6.07, 6.45) is 2.00. The lowest BCUT2D eigenvalue weighted by Gasteiger charge is -2.37. The SMILES string of the molecule is Cc1cc(C(=O)N2CC(CO)CCC2C)c(C)s1. The van der Waals surface area contributed by atoms with Crippen LogP contribution in [0.5, 0.6) is 0 Å². The van der Waals surface area contributed by atoms with Gasteiger partial charge >= 0.3 is 0 Å². The summed E-state index contributed by atoms with van der Waals surface area (Å²) < 4.78 is 0. The molecule has 2 unspecified atom stereocenters. The molecule has 0 radical (unpaired) electrons. The summed E-state index contributed by atoms with van der Waals surface area (Å²) in [5.41, 5.74) is 0.836. The summed E-state index contributed by atoms with van der Waals surface area (Å²) >= 11 is 1.67. The number of carbonyl (C=O) groups excluding carboxylic acids is 1. The van der Waals surface area contributed by atoms with Gasteiger partial charge in [-0.15, -0.1) is 11.3 Å². The zero-order valence-corrected chi connectivity index (χ0v) is 12.1. The summed E-state index contributed by atoms with van der Waals surface area (Å²) in [7, 11) is 0. The van der Waals surface area contributed by atoms with Gasteiger partial charge in [0.15, 0.2) is 0 Å². The highest BCUT2D eigenvalue weighted by Crippen LogP contribution is 2.27. The Morgan fingerprint density at radius 3 is 2.78 bits per heavy atom. The highest BCUT2D eigenvalue weighted by molar-refractivity contribution is 7.12. The van der Waals surface area contributed by atoms with Crippen LogP contribution in [-0.4, -0.2) is 35.1 Å². The third-order valence-corrected chi connectivity index (χ3v) is 4.74. The van der Waals surface area contributed by atoms with Gasteiger partial charge in [0, 0.05) is 28.9 Å². The lowest BCUT2D eigenvalue weighted by atomic mass is 9.93. The number of likely N-dealkylation sites (tertiary alicyclic amines) is 1. The van der Waals surface area contributed by atoms with Crippen LogP contribution < -0.4 is 0 Å². The van der Waals surface area contributed by atoms with Crippen molar-refractivity contribution in [1.29, 1.82) is 0 Å². The number of aliphatic hydroxyl groups is 1. The first-order chi connectivity index (χ1) is 8.52. The van der Waals surface area contributed by atoms with Gasteiger partial charge in [0.25, 0.3) is 5.91 Å². The number of hydrogen-bond donors (Lipinski definition) is 1. The molecule has 4 heteroatoms. The fourth-order valence-electron chi connectivity index (χ4n) is 2.61. The largest absolute Gasteiger partial charge is 0.396 e. The van der Waals surface area contributed by atoms with Crippen molar-refractivity contribution in [2.24, 2.45) is 5.92 Å². The normalized spacial score (nSPS) is 24.3. The Morgan fingerprint density at radius 2 is 2.22 bits per heavy atom. The first kappa shape index (κ1) is 13.6. The summed E-state index contributed by atoms with van der Waals surface area (Å²) in [6, 6.07) is 2.26. The van der Waals surface area contributed by atoms with Crippen molar-refractivity contribution >= 4 is 17.2 Å². The van der Waals surface area contributed by atoms with E-state index in [-0.39, 0.29) is 24.5 Å². The standard InChI is InChI=1S/C14H21NO2S/c1-9-4-5-12(8-16)7-15(9)14(17)13-6-10(2)18-11(13)3/h6,9,12,16H,4-5,7-8H2,1-3H3. The summed E-state index contributed by atoms with van der Waals surface area (Å²) in [4.78, 5) is 16.8. The van der Waals surface area contributed by atoms with E-state index in [4.69, 9.17) is 0 Å². The van der Waals surface area contributed by atoms with Crippen LogP contribution in [0.3, 0.4) is 0 Å². The van der Waals surface area contributed by atoms with Crippen molar-refractivity contribution in [2.45, 2.75) is 39.7 Å². The molecule has 1 aromatic rings. The molecule has 1 aliphatic rings. The van der Waals surface area contributed by atoms with E-state index < -0.39 is 0 Å². The quantitative estimate of drug-likeness (QED) is 0.894. The van der Waals surface area contributed by atoms with Crippen LogP contribution >= 0.6 is 11.3 Å². The van der Waals surface area contributed by atoms with Crippen LogP contribution in [0.1, 0.15) is 39.9 Å². The fraction of sp³-hybridized carbons (Fsp3) is 0.643. The van der Waals surface area contributed by atoms with Crippen molar-refractivity contribution in [3.63, 3.8) is 0 Å². The average Bonchev–Trinajstić information content (AvgIpc) is 2.68. The van der Waals surface area contributed by atoms with Crippen molar-refractivity contribution in [3.05, 3.63) is 21.4 Å². The Balaban J connectivity index is 2.19. The number of hydrogen-bond acceptors (Lipinski definition) is 3. The van der Waals surface area contributed by atoms with Gasteiger partial charge in [-0.2, -0.15) is 0 Å². The van der Waals surface area contributed by atoms with Crippen molar-refractivity contribution in [2.75, 3.05) is 13.2 Å². The minimum absolute atomic E-state index is 0.127. The monoisotopic (exact) mass is 267 g/mol. The predicted molar refractivity (Wildman–Crippen MR) is 74.1 cm³/mol. The van der Waals surface area contributed by atoms with E-state index in [1.165, 1.54) is 4.88 Å². The molecule has 0 bridgehead atoms. The molecule has 1 N–H and O–H groups in total. The second-order valence-electron chi connectivity index (χ2n) is 5.26. The molecule has 2 atom stereocenters. The molecule has 18 heavy (non-hydrogen) atoms. The molecule has 100 valence electrons. The van der Waals surface area contributed by atoms with E-state index in [2.05, 4.69) is 6.92 Å². The number of amides is 1. The van der Waals surface area contributed by atoms with Gasteiger partial charge in [0.2, 0.25) is 0 Å².